The molecule has 0 aliphatic heterocycles. The Balaban J connectivity index is 3.08. The van der Waals surface area contributed by atoms with E-state index in [2.05, 4.69) is 15.9 Å². The number of hydrogen-bond acceptors (Lipinski definition) is 1. The molecular weight excluding hydrogens is 156 g/mol. The molecule has 0 N–H and O–H groups in total. The second-order valence-electron chi connectivity index (χ2n) is 1.25. The molecule has 0 aromatic heterocycles. The van der Waals surface area contributed by atoms with E-state index in [0.717, 1.165) is 4.48 Å². The third kappa shape index (κ3) is 6.18. The van der Waals surface area contributed by atoms with Crippen molar-refractivity contribution >= 4 is 15.9 Å². The van der Waals surface area contributed by atoms with Crippen LogP contribution in [-0.2, 0) is 4.74 Å². The Kier molecular flexibility index (Phi) is 4.45. The average Bonchev–Trinajstić information content (AvgIpc) is 1.61. The summed E-state index contributed by atoms with van der Waals surface area (Å²) in [5.74, 6) is 0. The van der Waals surface area contributed by atoms with E-state index in [1.54, 1.807) is 7.11 Å². The van der Waals surface area contributed by atoms with Crippen molar-refractivity contribution in [3.8, 4) is 0 Å². The molecule has 0 amide bonds. The van der Waals surface area contributed by atoms with Crippen LogP contribution in [0.2, 0.25) is 0 Å². The van der Waals surface area contributed by atoms with Gasteiger partial charge < -0.3 is 4.74 Å². The number of methoxy groups -OCH3 is 1. The fourth-order valence-corrected chi connectivity index (χ4v) is 0.330. The predicted octanol–water partition coefficient (Wildman–Crippen LogP) is 1.93. The van der Waals surface area contributed by atoms with Gasteiger partial charge in [-0.1, -0.05) is 15.9 Å². The molecule has 0 fully saturated rings. The molecule has 0 atom stereocenters. The Hall–Kier alpha value is 0.180. The standard InChI is InChI=1S/C5H9BrO/c1-5(6)3-4-7-2/h3H,4H2,1-2H3/b5-3+. The Morgan fingerprint density at radius 3 is 2.57 bits per heavy atom. The topological polar surface area (TPSA) is 9.23 Å². The van der Waals surface area contributed by atoms with Crippen LogP contribution in [0.3, 0.4) is 0 Å². The molecule has 0 rings (SSSR count). The lowest BCUT2D eigenvalue weighted by atomic mass is 10.6. The number of ether oxygens (including phenoxy) is 1. The van der Waals surface area contributed by atoms with Gasteiger partial charge >= 0.3 is 0 Å². The summed E-state index contributed by atoms with van der Waals surface area (Å²) in [5.41, 5.74) is 0. The first-order valence-electron chi connectivity index (χ1n) is 2.08. The SMILES string of the molecule is COC/C=C(\C)Br. The first-order chi connectivity index (χ1) is 3.27. The van der Waals surface area contributed by atoms with E-state index in [0.29, 0.717) is 6.61 Å². The minimum absolute atomic E-state index is 0.692. The Bertz CT molecular complexity index is 64.5. The van der Waals surface area contributed by atoms with E-state index < -0.39 is 0 Å². The molecule has 2 heteroatoms. The maximum Gasteiger partial charge on any atom is 0.0654 e. The van der Waals surface area contributed by atoms with Gasteiger partial charge in [-0.25, -0.2) is 0 Å². The normalized spacial score (nSPS) is 12.1. The molecule has 1 nitrogen and oxygen atoms in total. The predicted molar refractivity (Wildman–Crippen MR) is 34.6 cm³/mol. The fraction of sp³-hybridized carbons (Fsp3) is 0.600. The van der Waals surface area contributed by atoms with Crippen LogP contribution < -0.4 is 0 Å². The van der Waals surface area contributed by atoms with E-state index in [9.17, 15) is 0 Å². The summed E-state index contributed by atoms with van der Waals surface area (Å²) in [5, 5.41) is 0. The van der Waals surface area contributed by atoms with Gasteiger partial charge in [-0.05, 0) is 17.5 Å². The molecule has 7 heavy (non-hydrogen) atoms. The lowest BCUT2D eigenvalue weighted by Crippen LogP contribution is -1.79. The van der Waals surface area contributed by atoms with Crippen molar-refractivity contribution in [2.45, 2.75) is 6.92 Å². The van der Waals surface area contributed by atoms with Crippen LogP contribution in [0.25, 0.3) is 0 Å². The quantitative estimate of drug-likeness (QED) is 0.607. The molecule has 0 spiro atoms. The monoisotopic (exact) mass is 164 g/mol. The van der Waals surface area contributed by atoms with Crippen molar-refractivity contribution in [1.82, 2.24) is 0 Å². The molecule has 0 bridgehead atoms. The van der Waals surface area contributed by atoms with Gasteiger partial charge in [0.15, 0.2) is 0 Å². The highest BCUT2D eigenvalue weighted by atomic mass is 79.9. The van der Waals surface area contributed by atoms with Gasteiger partial charge in [0.1, 0.15) is 0 Å². The number of rotatable bonds is 2. The highest BCUT2D eigenvalue weighted by Gasteiger charge is 1.74. The van der Waals surface area contributed by atoms with Crippen LogP contribution in [0.4, 0.5) is 0 Å². The molecule has 0 saturated heterocycles. The van der Waals surface area contributed by atoms with Crippen molar-refractivity contribution in [3.05, 3.63) is 10.6 Å². The molecule has 0 aliphatic rings. The van der Waals surface area contributed by atoms with Gasteiger partial charge in [-0.15, -0.1) is 0 Å². The minimum atomic E-state index is 0.692. The van der Waals surface area contributed by atoms with Crippen LogP contribution >= 0.6 is 15.9 Å². The molecule has 0 unspecified atom stereocenters. The van der Waals surface area contributed by atoms with Crippen LogP contribution in [0.5, 0.6) is 0 Å². The van der Waals surface area contributed by atoms with Gasteiger partial charge in [-0.3, -0.25) is 0 Å². The van der Waals surface area contributed by atoms with Gasteiger partial charge in [0, 0.05) is 7.11 Å². The third-order valence-electron chi connectivity index (χ3n) is 0.531. The number of halogens is 1. The smallest absolute Gasteiger partial charge is 0.0654 e. The van der Waals surface area contributed by atoms with Gasteiger partial charge in [0.2, 0.25) is 0 Å². The zero-order valence-electron chi connectivity index (χ0n) is 4.57. The maximum atomic E-state index is 4.75. The molecule has 0 aromatic rings. The van der Waals surface area contributed by atoms with E-state index in [-0.39, 0.29) is 0 Å². The van der Waals surface area contributed by atoms with Crippen LogP contribution in [0, 0.1) is 0 Å². The van der Waals surface area contributed by atoms with E-state index in [4.69, 9.17) is 4.74 Å². The Morgan fingerprint density at radius 1 is 1.86 bits per heavy atom. The first kappa shape index (κ1) is 7.18. The Morgan fingerprint density at radius 2 is 2.43 bits per heavy atom. The second kappa shape index (κ2) is 4.34. The molecule has 0 saturated carbocycles. The highest BCUT2D eigenvalue weighted by molar-refractivity contribution is 9.11. The number of hydrogen-bond donors (Lipinski definition) is 0. The fourth-order valence-electron chi connectivity index (χ4n) is 0.198. The summed E-state index contributed by atoms with van der Waals surface area (Å²) in [6.45, 7) is 2.66. The average molecular weight is 165 g/mol. The van der Waals surface area contributed by atoms with Crippen LogP contribution in [0.15, 0.2) is 10.6 Å². The molecule has 0 heterocycles. The number of allylic oxidation sites excluding steroid dienone is 1. The summed E-state index contributed by atoms with van der Waals surface area (Å²) >= 11 is 3.26. The van der Waals surface area contributed by atoms with Crippen LogP contribution in [-0.4, -0.2) is 13.7 Å². The Labute approximate surface area is 52.5 Å². The van der Waals surface area contributed by atoms with Crippen LogP contribution in [0.1, 0.15) is 6.92 Å². The lowest BCUT2D eigenvalue weighted by Gasteiger charge is -1.86. The van der Waals surface area contributed by atoms with E-state index in [1.165, 1.54) is 0 Å². The van der Waals surface area contributed by atoms with Crippen molar-refractivity contribution in [2.24, 2.45) is 0 Å². The molecule has 42 valence electrons. The summed E-state index contributed by atoms with van der Waals surface area (Å²) in [6, 6.07) is 0. The molecule has 0 radical (unpaired) electrons. The summed E-state index contributed by atoms with van der Waals surface area (Å²) < 4.78 is 5.87. The summed E-state index contributed by atoms with van der Waals surface area (Å²) in [4.78, 5) is 0. The van der Waals surface area contributed by atoms with Crippen molar-refractivity contribution in [1.29, 1.82) is 0 Å². The largest absolute Gasteiger partial charge is 0.381 e. The first-order valence-corrected chi connectivity index (χ1v) is 2.88. The zero-order chi connectivity index (χ0) is 5.70. The van der Waals surface area contributed by atoms with E-state index >= 15 is 0 Å². The zero-order valence-corrected chi connectivity index (χ0v) is 6.16. The van der Waals surface area contributed by atoms with Gasteiger partial charge in [0.25, 0.3) is 0 Å². The van der Waals surface area contributed by atoms with Crippen molar-refractivity contribution in [3.63, 3.8) is 0 Å². The van der Waals surface area contributed by atoms with E-state index in [1.807, 2.05) is 13.0 Å². The molecule has 0 aromatic carbocycles. The lowest BCUT2D eigenvalue weighted by molar-refractivity contribution is 0.233. The summed E-state index contributed by atoms with van der Waals surface area (Å²) in [7, 11) is 1.67. The summed E-state index contributed by atoms with van der Waals surface area (Å²) in [6.07, 6.45) is 1.96. The second-order valence-corrected chi connectivity index (χ2v) is 2.50. The van der Waals surface area contributed by atoms with Gasteiger partial charge in [0.05, 0.1) is 6.61 Å². The van der Waals surface area contributed by atoms with Gasteiger partial charge in [-0.2, -0.15) is 0 Å². The third-order valence-corrected chi connectivity index (χ3v) is 0.855. The maximum absolute atomic E-state index is 4.75. The minimum Gasteiger partial charge on any atom is -0.381 e. The van der Waals surface area contributed by atoms with Crippen molar-refractivity contribution in [2.75, 3.05) is 13.7 Å². The molecule has 0 aliphatic carbocycles. The van der Waals surface area contributed by atoms with Crippen molar-refractivity contribution < 1.29 is 4.74 Å². The molecular formula is C5H9BrO. The highest BCUT2D eigenvalue weighted by Crippen LogP contribution is 1.99.